The summed E-state index contributed by atoms with van der Waals surface area (Å²) in [7, 11) is 0. The normalized spacial score (nSPS) is 20.7. The number of amides is 3. The van der Waals surface area contributed by atoms with Crippen LogP contribution in [0.25, 0.3) is 0 Å². The number of nitrogens with one attached hydrogen (secondary N) is 2. The lowest BCUT2D eigenvalue weighted by Gasteiger charge is -2.21. The van der Waals surface area contributed by atoms with E-state index in [1.807, 2.05) is 0 Å². The second-order valence-electron chi connectivity index (χ2n) is 3.21. The fraction of sp³-hybridized carbons (Fsp3) is 0.500. The SMILES string of the molecule is NC(=S)CC(=O)NC1CCC(=O)NC1=O. The van der Waals surface area contributed by atoms with Crippen molar-refractivity contribution in [3.63, 3.8) is 0 Å². The number of rotatable bonds is 3. The Kier molecular flexibility index (Phi) is 3.73. The van der Waals surface area contributed by atoms with Gasteiger partial charge in [0, 0.05) is 6.42 Å². The van der Waals surface area contributed by atoms with E-state index in [-0.39, 0.29) is 23.7 Å². The number of carbonyl (C=O) groups excluding carboxylic acids is 3. The van der Waals surface area contributed by atoms with Gasteiger partial charge in [-0.1, -0.05) is 12.2 Å². The topological polar surface area (TPSA) is 101 Å². The molecule has 6 nitrogen and oxygen atoms in total. The molecule has 0 bridgehead atoms. The lowest BCUT2D eigenvalue weighted by molar-refractivity contribution is -0.137. The van der Waals surface area contributed by atoms with Crippen LogP contribution in [0.4, 0.5) is 0 Å². The van der Waals surface area contributed by atoms with Crippen LogP contribution in [0.2, 0.25) is 0 Å². The van der Waals surface area contributed by atoms with Crippen molar-refractivity contribution >= 4 is 34.9 Å². The van der Waals surface area contributed by atoms with E-state index in [0.29, 0.717) is 6.42 Å². The van der Waals surface area contributed by atoms with Crippen molar-refractivity contribution < 1.29 is 14.4 Å². The maximum atomic E-state index is 11.2. The van der Waals surface area contributed by atoms with E-state index in [1.165, 1.54) is 0 Å². The lowest BCUT2D eigenvalue weighted by atomic mass is 10.1. The zero-order valence-corrected chi connectivity index (χ0v) is 8.73. The molecular weight excluding hydrogens is 218 g/mol. The van der Waals surface area contributed by atoms with Crippen molar-refractivity contribution in [2.45, 2.75) is 25.3 Å². The fourth-order valence-electron chi connectivity index (χ4n) is 1.23. The van der Waals surface area contributed by atoms with E-state index >= 15 is 0 Å². The Hall–Kier alpha value is -1.50. The summed E-state index contributed by atoms with van der Waals surface area (Å²) < 4.78 is 0. The number of nitrogens with two attached hydrogens (primary N) is 1. The molecule has 1 saturated heterocycles. The maximum Gasteiger partial charge on any atom is 0.249 e. The Bertz CT molecular complexity index is 329. The molecule has 0 aromatic heterocycles. The number of thiocarbonyl (C=S) groups is 1. The van der Waals surface area contributed by atoms with Gasteiger partial charge in [0.05, 0.1) is 11.4 Å². The van der Waals surface area contributed by atoms with Crippen molar-refractivity contribution in [1.82, 2.24) is 10.6 Å². The zero-order valence-electron chi connectivity index (χ0n) is 7.91. The smallest absolute Gasteiger partial charge is 0.249 e. The van der Waals surface area contributed by atoms with Gasteiger partial charge in [-0.3, -0.25) is 19.7 Å². The van der Waals surface area contributed by atoms with E-state index in [1.54, 1.807) is 0 Å². The van der Waals surface area contributed by atoms with Gasteiger partial charge >= 0.3 is 0 Å². The van der Waals surface area contributed by atoms with Crippen LogP contribution in [-0.2, 0) is 14.4 Å². The summed E-state index contributed by atoms with van der Waals surface area (Å²) in [4.78, 5) is 33.3. The molecule has 0 saturated carbocycles. The first kappa shape index (κ1) is 11.6. The highest BCUT2D eigenvalue weighted by molar-refractivity contribution is 7.80. The van der Waals surface area contributed by atoms with Crippen molar-refractivity contribution in [2.75, 3.05) is 0 Å². The van der Waals surface area contributed by atoms with E-state index < -0.39 is 17.9 Å². The third-order valence-corrected chi connectivity index (χ3v) is 2.05. The molecule has 15 heavy (non-hydrogen) atoms. The molecule has 4 N–H and O–H groups in total. The molecule has 1 aliphatic rings. The van der Waals surface area contributed by atoms with Crippen LogP contribution in [0.3, 0.4) is 0 Å². The van der Waals surface area contributed by atoms with Crippen LogP contribution < -0.4 is 16.4 Å². The second-order valence-corrected chi connectivity index (χ2v) is 3.74. The van der Waals surface area contributed by atoms with Crippen LogP contribution in [0, 0.1) is 0 Å². The quantitative estimate of drug-likeness (QED) is 0.407. The molecule has 7 heteroatoms. The largest absolute Gasteiger partial charge is 0.393 e. The monoisotopic (exact) mass is 229 g/mol. The molecule has 82 valence electrons. The minimum atomic E-state index is -0.662. The fourth-order valence-corrected chi connectivity index (χ4v) is 1.37. The van der Waals surface area contributed by atoms with E-state index in [4.69, 9.17) is 5.73 Å². The molecule has 0 aliphatic carbocycles. The third kappa shape index (κ3) is 3.62. The summed E-state index contributed by atoms with van der Waals surface area (Å²) in [5, 5.41) is 4.58. The van der Waals surface area contributed by atoms with Crippen molar-refractivity contribution in [3.05, 3.63) is 0 Å². The highest BCUT2D eigenvalue weighted by atomic mass is 32.1. The van der Waals surface area contributed by atoms with Gasteiger partial charge in [0.25, 0.3) is 0 Å². The molecule has 0 aromatic carbocycles. The minimum absolute atomic E-state index is 0.0693. The number of hydrogen-bond donors (Lipinski definition) is 3. The molecule has 3 amide bonds. The molecule has 1 atom stereocenters. The lowest BCUT2D eigenvalue weighted by Crippen LogP contribution is -2.52. The van der Waals surface area contributed by atoms with Gasteiger partial charge in [0.1, 0.15) is 6.04 Å². The maximum absolute atomic E-state index is 11.2. The second kappa shape index (κ2) is 4.83. The average molecular weight is 229 g/mol. The van der Waals surface area contributed by atoms with Crippen LogP contribution >= 0.6 is 12.2 Å². The van der Waals surface area contributed by atoms with Crippen LogP contribution in [0.5, 0.6) is 0 Å². The van der Waals surface area contributed by atoms with Crippen LogP contribution in [-0.4, -0.2) is 28.8 Å². The molecule has 1 heterocycles. The molecule has 0 spiro atoms. The van der Waals surface area contributed by atoms with Crippen LogP contribution in [0.15, 0.2) is 0 Å². The highest BCUT2D eigenvalue weighted by Gasteiger charge is 2.27. The minimum Gasteiger partial charge on any atom is -0.393 e. The first-order valence-corrected chi connectivity index (χ1v) is 4.81. The molecule has 1 unspecified atom stereocenters. The molecular formula is C8H11N3O3S. The van der Waals surface area contributed by atoms with Crippen LogP contribution in [0.1, 0.15) is 19.3 Å². The summed E-state index contributed by atoms with van der Waals surface area (Å²) in [5.41, 5.74) is 5.17. The predicted octanol–water partition coefficient (Wildman–Crippen LogP) is -1.42. The van der Waals surface area contributed by atoms with E-state index in [2.05, 4.69) is 22.9 Å². The Morgan fingerprint density at radius 2 is 2.27 bits per heavy atom. The predicted molar refractivity (Wildman–Crippen MR) is 55.7 cm³/mol. The zero-order chi connectivity index (χ0) is 11.4. The number of imide groups is 1. The van der Waals surface area contributed by atoms with Crippen molar-refractivity contribution in [2.24, 2.45) is 5.73 Å². The van der Waals surface area contributed by atoms with E-state index in [0.717, 1.165) is 0 Å². The summed E-state index contributed by atoms with van der Waals surface area (Å²) in [6.45, 7) is 0. The van der Waals surface area contributed by atoms with Crippen molar-refractivity contribution in [1.29, 1.82) is 0 Å². The third-order valence-electron chi connectivity index (χ3n) is 1.91. The first-order valence-electron chi connectivity index (χ1n) is 4.40. The van der Waals surface area contributed by atoms with E-state index in [9.17, 15) is 14.4 Å². The van der Waals surface area contributed by atoms with Gasteiger partial charge < -0.3 is 11.1 Å². The van der Waals surface area contributed by atoms with Gasteiger partial charge in [0.2, 0.25) is 17.7 Å². The summed E-state index contributed by atoms with van der Waals surface area (Å²) in [5.74, 6) is -1.21. The Morgan fingerprint density at radius 1 is 1.60 bits per heavy atom. The van der Waals surface area contributed by atoms with Crippen molar-refractivity contribution in [3.8, 4) is 0 Å². The number of carbonyl (C=O) groups is 3. The number of piperidine rings is 1. The highest BCUT2D eigenvalue weighted by Crippen LogP contribution is 2.04. The average Bonchev–Trinajstić information content (AvgIpc) is 2.08. The van der Waals surface area contributed by atoms with Gasteiger partial charge in [-0.2, -0.15) is 0 Å². The van der Waals surface area contributed by atoms with Gasteiger partial charge in [-0.15, -0.1) is 0 Å². The Labute approximate surface area is 91.6 Å². The molecule has 0 radical (unpaired) electrons. The Morgan fingerprint density at radius 3 is 2.80 bits per heavy atom. The first-order chi connectivity index (χ1) is 6.99. The molecule has 1 rings (SSSR count). The summed E-state index contributed by atoms with van der Waals surface area (Å²) >= 11 is 4.55. The van der Waals surface area contributed by atoms with Gasteiger partial charge in [-0.05, 0) is 6.42 Å². The van der Waals surface area contributed by atoms with Gasteiger partial charge in [-0.25, -0.2) is 0 Å². The molecule has 0 aromatic rings. The summed E-state index contributed by atoms with van der Waals surface area (Å²) in [6.07, 6.45) is 0.449. The van der Waals surface area contributed by atoms with Gasteiger partial charge in [0.15, 0.2) is 0 Å². The molecule has 1 aliphatic heterocycles. The Balaban J connectivity index is 2.45. The number of hydrogen-bond acceptors (Lipinski definition) is 4. The molecule has 1 fully saturated rings. The summed E-state index contributed by atoms with van der Waals surface area (Å²) in [6, 6.07) is -0.662. The standard InChI is InChI=1S/C8H11N3O3S/c9-5(15)3-7(13)10-4-1-2-6(12)11-8(4)14/h4H,1-3H2,(H2,9,15)(H,10,13)(H,11,12,14).